The molecule has 1 unspecified atom stereocenters. The van der Waals surface area contributed by atoms with E-state index in [0.29, 0.717) is 28.5 Å². The molecule has 1 fully saturated rings. The highest BCUT2D eigenvalue weighted by Gasteiger charge is 2.33. The van der Waals surface area contributed by atoms with Gasteiger partial charge in [0.05, 0.1) is 5.92 Å². The van der Waals surface area contributed by atoms with Gasteiger partial charge in [0.15, 0.2) is 11.6 Å². The molecule has 25 heavy (non-hydrogen) atoms. The number of Topliss-reactive ketones (excluding diaryl/α,β-unsaturated/α-hetero) is 1. The van der Waals surface area contributed by atoms with Crippen LogP contribution in [0.1, 0.15) is 24.0 Å². The van der Waals surface area contributed by atoms with Crippen LogP contribution in [-0.2, 0) is 9.59 Å². The zero-order chi connectivity index (χ0) is 17.8. The molecule has 1 aliphatic carbocycles. The van der Waals surface area contributed by atoms with Gasteiger partial charge in [-0.15, -0.1) is 0 Å². The molecular formula is C21H16Cl2O2. The summed E-state index contributed by atoms with van der Waals surface area (Å²) in [5, 5.41) is 1.30. The van der Waals surface area contributed by atoms with E-state index < -0.39 is 5.92 Å². The van der Waals surface area contributed by atoms with Gasteiger partial charge in [-0.3, -0.25) is 9.59 Å². The summed E-state index contributed by atoms with van der Waals surface area (Å²) >= 11 is 11.7. The number of carbonyl (C=O) groups is 2. The molecule has 0 aromatic heterocycles. The van der Waals surface area contributed by atoms with Crippen LogP contribution in [0.15, 0.2) is 60.2 Å². The number of benzene rings is 2. The van der Waals surface area contributed by atoms with Crippen LogP contribution in [0.5, 0.6) is 0 Å². The Hall–Kier alpha value is -2.16. The number of carbonyl (C=O) groups excluding carboxylic acids is 2. The Bertz CT molecular complexity index is 846. The minimum absolute atomic E-state index is 0.0827. The Morgan fingerprint density at radius 3 is 2.08 bits per heavy atom. The molecule has 0 heterocycles. The molecule has 0 spiro atoms. The number of ketones is 2. The molecule has 0 N–H and O–H groups in total. The molecule has 2 aromatic carbocycles. The summed E-state index contributed by atoms with van der Waals surface area (Å²) in [6.07, 6.45) is 6.22. The standard InChI is InChI=1S/C21H16Cl2O2/c22-17-7-1-14(2-8-17)5-12-20(24)19-11-6-16(21(19)25)13-15-3-9-18(23)10-4-15/h1-5,7-10,12-13,19H,6,11H2/b12-5+,16-13+. The lowest BCUT2D eigenvalue weighted by Crippen LogP contribution is -2.17. The van der Waals surface area contributed by atoms with Crippen LogP contribution in [0.25, 0.3) is 12.2 Å². The summed E-state index contributed by atoms with van der Waals surface area (Å²) in [5.41, 5.74) is 2.48. The predicted octanol–water partition coefficient (Wildman–Crippen LogP) is 5.64. The molecular weight excluding hydrogens is 355 g/mol. The molecule has 2 nitrogen and oxygen atoms in total. The second-order valence-electron chi connectivity index (χ2n) is 5.96. The molecule has 1 aliphatic rings. The van der Waals surface area contributed by atoms with Gasteiger partial charge in [-0.05, 0) is 66.0 Å². The molecule has 0 saturated heterocycles. The smallest absolute Gasteiger partial charge is 0.169 e. The van der Waals surface area contributed by atoms with Crippen LogP contribution in [0, 0.1) is 5.92 Å². The Labute approximate surface area is 156 Å². The van der Waals surface area contributed by atoms with Gasteiger partial charge in [-0.25, -0.2) is 0 Å². The van der Waals surface area contributed by atoms with Crippen molar-refractivity contribution in [2.24, 2.45) is 5.92 Å². The third kappa shape index (κ3) is 4.47. The number of hydrogen-bond acceptors (Lipinski definition) is 2. The van der Waals surface area contributed by atoms with Crippen molar-refractivity contribution in [2.45, 2.75) is 12.8 Å². The highest BCUT2D eigenvalue weighted by atomic mass is 35.5. The molecule has 2 aromatic rings. The van der Waals surface area contributed by atoms with Gasteiger partial charge in [0, 0.05) is 10.0 Å². The lowest BCUT2D eigenvalue weighted by atomic mass is 9.99. The molecule has 0 radical (unpaired) electrons. The Balaban J connectivity index is 1.69. The minimum Gasteiger partial charge on any atom is -0.294 e. The fraction of sp³-hybridized carbons (Fsp3) is 0.143. The van der Waals surface area contributed by atoms with Crippen LogP contribution < -0.4 is 0 Å². The van der Waals surface area contributed by atoms with Gasteiger partial charge in [0.25, 0.3) is 0 Å². The fourth-order valence-corrected chi connectivity index (χ4v) is 3.07. The summed E-state index contributed by atoms with van der Waals surface area (Å²) in [6, 6.07) is 14.5. The fourth-order valence-electron chi connectivity index (χ4n) is 2.82. The van der Waals surface area contributed by atoms with E-state index in [0.717, 1.165) is 11.1 Å². The number of allylic oxidation sites excluding steroid dienone is 2. The van der Waals surface area contributed by atoms with Crippen molar-refractivity contribution < 1.29 is 9.59 Å². The van der Waals surface area contributed by atoms with E-state index in [4.69, 9.17) is 23.2 Å². The van der Waals surface area contributed by atoms with Gasteiger partial charge in [-0.2, -0.15) is 0 Å². The maximum Gasteiger partial charge on any atom is 0.169 e. The molecule has 0 aliphatic heterocycles. The Morgan fingerprint density at radius 1 is 0.920 bits per heavy atom. The predicted molar refractivity (Wildman–Crippen MR) is 103 cm³/mol. The van der Waals surface area contributed by atoms with Crippen LogP contribution >= 0.6 is 23.2 Å². The zero-order valence-electron chi connectivity index (χ0n) is 13.4. The van der Waals surface area contributed by atoms with Crippen LogP contribution in [0.2, 0.25) is 10.0 Å². The minimum atomic E-state index is -0.581. The quantitative estimate of drug-likeness (QED) is 0.515. The van der Waals surface area contributed by atoms with E-state index in [1.54, 1.807) is 30.3 Å². The second kappa shape index (κ2) is 7.81. The molecule has 4 heteroatoms. The zero-order valence-corrected chi connectivity index (χ0v) is 14.9. The normalized spacial score (nSPS) is 19.0. The van der Waals surface area contributed by atoms with Crippen molar-refractivity contribution in [3.8, 4) is 0 Å². The van der Waals surface area contributed by atoms with Gasteiger partial charge in [0.1, 0.15) is 0 Å². The van der Waals surface area contributed by atoms with E-state index in [1.165, 1.54) is 6.08 Å². The Morgan fingerprint density at radius 2 is 1.48 bits per heavy atom. The maximum absolute atomic E-state index is 12.5. The molecule has 0 bridgehead atoms. The maximum atomic E-state index is 12.5. The molecule has 1 atom stereocenters. The summed E-state index contributed by atoms with van der Waals surface area (Å²) < 4.78 is 0. The third-order valence-corrected chi connectivity index (χ3v) is 4.70. The topological polar surface area (TPSA) is 34.1 Å². The lowest BCUT2D eigenvalue weighted by Gasteiger charge is -2.02. The summed E-state index contributed by atoms with van der Waals surface area (Å²) in [6.45, 7) is 0. The first kappa shape index (κ1) is 17.7. The average molecular weight is 371 g/mol. The number of halogens is 2. The van der Waals surface area contributed by atoms with Crippen LogP contribution in [0.4, 0.5) is 0 Å². The monoisotopic (exact) mass is 370 g/mol. The highest BCUT2D eigenvalue weighted by Crippen LogP contribution is 2.30. The van der Waals surface area contributed by atoms with Crippen LogP contribution in [0.3, 0.4) is 0 Å². The first-order chi connectivity index (χ1) is 12.0. The van der Waals surface area contributed by atoms with E-state index in [9.17, 15) is 9.59 Å². The van der Waals surface area contributed by atoms with Crippen molar-refractivity contribution in [3.05, 3.63) is 81.4 Å². The van der Waals surface area contributed by atoms with Gasteiger partial charge >= 0.3 is 0 Å². The van der Waals surface area contributed by atoms with Crippen molar-refractivity contribution in [2.75, 3.05) is 0 Å². The average Bonchev–Trinajstić information content (AvgIpc) is 2.97. The second-order valence-corrected chi connectivity index (χ2v) is 6.84. The molecule has 3 rings (SSSR count). The van der Waals surface area contributed by atoms with Crippen LogP contribution in [-0.4, -0.2) is 11.6 Å². The number of hydrogen-bond donors (Lipinski definition) is 0. The summed E-state index contributed by atoms with van der Waals surface area (Å²) in [7, 11) is 0. The highest BCUT2D eigenvalue weighted by molar-refractivity contribution is 6.30. The van der Waals surface area contributed by atoms with Crippen molar-refractivity contribution >= 4 is 46.9 Å². The summed E-state index contributed by atoms with van der Waals surface area (Å²) in [4.78, 5) is 24.9. The molecule has 0 amide bonds. The van der Waals surface area contributed by atoms with Gasteiger partial charge in [-0.1, -0.05) is 53.5 Å². The summed E-state index contributed by atoms with van der Waals surface area (Å²) in [5.74, 6) is -0.817. The van der Waals surface area contributed by atoms with E-state index in [2.05, 4.69) is 0 Å². The van der Waals surface area contributed by atoms with E-state index >= 15 is 0 Å². The number of rotatable bonds is 4. The lowest BCUT2D eigenvalue weighted by molar-refractivity contribution is -0.126. The molecule has 126 valence electrons. The van der Waals surface area contributed by atoms with E-state index in [-0.39, 0.29) is 11.6 Å². The van der Waals surface area contributed by atoms with Crippen molar-refractivity contribution in [3.63, 3.8) is 0 Å². The van der Waals surface area contributed by atoms with Gasteiger partial charge < -0.3 is 0 Å². The SMILES string of the molecule is O=C(/C=C/c1ccc(Cl)cc1)C1CC/C(=C\c2ccc(Cl)cc2)C1=O. The largest absolute Gasteiger partial charge is 0.294 e. The van der Waals surface area contributed by atoms with Crippen molar-refractivity contribution in [1.29, 1.82) is 0 Å². The first-order valence-corrected chi connectivity index (χ1v) is 8.76. The van der Waals surface area contributed by atoms with Crippen molar-refractivity contribution in [1.82, 2.24) is 0 Å². The van der Waals surface area contributed by atoms with Gasteiger partial charge in [0.2, 0.25) is 0 Å². The van der Waals surface area contributed by atoms with E-state index in [1.807, 2.05) is 30.3 Å². The molecule has 1 saturated carbocycles. The third-order valence-electron chi connectivity index (χ3n) is 4.20. The Kier molecular flexibility index (Phi) is 5.52. The first-order valence-electron chi connectivity index (χ1n) is 8.01.